The summed E-state index contributed by atoms with van der Waals surface area (Å²) in [5.41, 5.74) is 1.22. The molecule has 0 aliphatic heterocycles. The van der Waals surface area contributed by atoms with Crippen LogP contribution in [-0.4, -0.2) is 25.8 Å². The first kappa shape index (κ1) is 15.8. The van der Waals surface area contributed by atoms with Crippen LogP contribution in [0.1, 0.15) is 32.3 Å². The molecule has 1 aliphatic rings. The number of nitrogens with one attached hydrogen (secondary N) is 1. The van der Waals surface area contributed by atoms with Crippen LogP contribution in [0.3, 0.4) is 0 Å². The van der Waals surface area contributed by atoms with Crippen molar-refractivity contribution in [2.24, 2.45) is 11.8 Å². The van der Waals surface area contributed by atoms with E-state index in [0.29, 0.717) is 12.0 Å². The van der Waals surface area contributed by atoms with Crippen LogP contribution in [0.5, 0.6) is 0 Å². The largest absolute Gasteiger partial charge is 0.381 e. The fourth-order valence-electron chi connectivity index (χ4n) is 2.25. The lowest BCUT2D eigenvalue weighted by Crippen LogP contribution is -2.32. The van der Waals surface area contributed by atoms with E-state index in [1.54, 1.807) is 0 Å². The predicted molar refractivity (Wildman–Crippen MR) is 85.3 cm³/mol. The lowest BCUT2D eigenvalue weighted by molar-refractivity contribution is 0.0901. The number of hydrogen-bond donors (Lipinski definition) is 1. The molecule has 0 saturated heterocycles. The normalized spacial score (nSPS) is 16.6. The average molecular weight is 296 g/mol. The minimum atomic E-state index is 0.482. The van der Waals surface area contributed by atoms with Crippen LogP contribution in [0.25, 0.3) is 0 Å². The molecule has 1 aromatic rings. The molecular weight excluding hydrogens is 270 g/mol. The molecule has 1 fully saturated rings. The second-order valence-corrected chi connectivity index (χ2v) is 6.61. The van der Waals surface area contributed by atoms with Gasteiger partial charge in [0.05, 0.1) is 6.61 Å². The maximum Gasteiger partial charge on any atom is 0.0509 e. The third kappa shape index (κ3) is 5.82. The molecule has 1 atom stereocenters. The summed E-state index contributed by atoms with van der Waals surface area (Å²) in [6.07, 6.45) is 3.67. The van der Waals surface area contributed by atoms with E-state index in [4.69, 9.17) is 16.3 Å². The number of hydrogen-bond acceptors (Lipinski definition) is 2. The Morgan fingerprint density at radius 1 is 1.30 bits per heavy atom. The first-order valence-electron chi connectivity index (χ1n) is 7.69. The zero-order valence-electron chi connectivity index (χ0n) is 12.6. The highest BCUT2D eigenvalue weighted by atomic mass is 35.5. The predicted octanol–water partition coefficient (Wildman–Crippen LogP) is 3.92. The molecule has 20 heavy (non-hydrogen) atoms. The zero-order chi connectivity index (χ0) is 14.4. The third-order valence-corrected chi connectivity index (χ3v) is 4.05. The van der Waals surface area contributed by atoms with Gasteiger partial charge in [-0.25, -0.2) is 0 Å². The molecule has 112 valence electrons. The standard InChI is InChI=1S/C17H26ClNO/c1-13(2)19-10-15(12-20-11-14-7-8-14)9-16-5-3-4-6-17(16)18/h3-6,13-15,19H,7-12H2,1-2H3. The third-order valence-electron chi connectivity index (χ3n) is 3.69. The maximum absolute atomic E-state index is 6.26. The van der Waals surface area contributed by atoms with Crippen LogP contribution < -0.4 is 5.32 Å². The lowest BCUT2D eigenvalue weighted by atomic mass is 9.99. The lowest BCUT2D eigenvalue weighted by Gasteiger charge is -2.20. The van der Waals surface area contributed by atoms with Gasteiger partial charge in [-0.1, -0.05) is 43.6 Å². The van der Waals surface area contributed by atoms with Crippen molar-refractivity contribution < 1.29 is 4.74 Å². The van der Waals surface area contributed by atoms with E-state index < -0.39 is 0 Å². The highest BCUT2D eigenvalue weighted by Crippen LogP contribution is 2.29. The smallest absolute Gasteiger partial charge is 0.0509 e. The van der Waals surface area contributed by atoms with Crippen LogP contribution in [0.15, 0.2) is 24.3 Å². The monoisotopic (exact) mass is 295 g/mol. The quantitative estimate of drug-likeness (QED) is 0.745. The molecule has 0 bridgehead atoms. The molecule has 1 aliphatic carbocycles. The summed E-state index contributed by atoms with van der Waals surface area (Å²) in [6.45, 7) is 7.09. The van der Waals surface area contributed by atoms with Gasteiger partial charge in [-0.3, -0.25) is 0 Å². The van der Waals surface area contributed by atoms with Crippen LogP contribution in [-0.2, 0) is 11.2 Å². The Bertz CT molecular complexity index is 404. The molecule has 1 N–H and O–H groups in total. The second kappa shape index (κ2) is 8.02. The summed E-state index contributed by atoms with van der Waals surface area (Å²) in [5, 5.41) is 4.38. The van der Waals surface area contributed by atoms with E-state index in [1.807, 2.05) is 12.1 Å². The van der Waals surface area contributed by atoms with Crippen molar-refractivity contribution in [1.29, 1.82) is 0 Å². The second-order valence-electron chi connectivity index (χ2n) is 6.21. The van der Waals surface area contributed by atoms with Crippen LogP contribution in [0.2, 0.25) is 5.02 Å². The first-order chi connectivity index (χ1) is 9.65. The van der Waals surface area contributed by atoms with Gasteiger partial charge in [0.25, 0.3) is 0 Å². The molecule has 1 saturated carbocycles. The summed E-state index contributed by atoms with van der Waals surface area (Å²) in [4.78, 5) is 0. The molecule has 1 unspecified atom stereocenters. The Balaban J connectivity index is 1.84. The molecule has 3 heteroatoms. The van der Waals surface area contributed by atoms with E-state index in [1.165, 1.54) is 18.4 Å². The minimum Gasteiger partial charge on any atom is -0.381 e. The molecule has 0 spiro atoms. The summed E-state index contributed by atoms with van der Waals surface area (Å²) in [6, 6.07) is 8.63. The van der Waals surface area contributed by atoms with Crippen molar-refractivity contribution in [3.63, 3.8) is 0 Å². The van der Waals surface area contributed by atoms with Gasteiger partial charge in [-0.2, -0.15) is 0 Å². The van der Waals surface area contributed by atoms with Crippen molar-refractivity contribution in [3.05, 3.63) is 34.9 Å². The van der Waals surface area contributed by atoms with Gasteiger partial charge in [0, 0.05) is 24.2 Å². The Kier molecular flexibility index (Phi) is 6.34. The molecule has 0 amide bonds. The Morgan fingerprint density at radius 3 is 2.70 bits per heavy atom. The van der Waals surface area contributed by atoms with Crippen molar-refractivity contribution in [3.8, 4) is 0 Å². The zero-order valence-corrected chi connectivity index (χ0v) is 13.3. The van der Waals surface area contributed by atoms with Gasteiger partial charge < -0.3 is 10.1 Å². The molecular formula is C17H26ClNO. The summed E-state index contributed by atoms with van der Waals surface area (Å²) < 4.78 is 5.88. The van der Waals surface area contributed by atoms with Crippen LogP contribution >= 0.6 is 11.6 Å². The van der Waals surface area contributed by atoms with Gasteiger partial charge >= 0.3 is 0 Å². The Labute approximate surface area is 127 Å². The van der Waals surface area contributed by atoms with Crippen molar-refractivity contribution in [2.45, 2.75) is 39.2 Å². The van der Waals surface area contributed by atoms with Crippen molar-refractivity contribution >= 4 is 11.6 Å². The van der Waals surface area contributed by atoms with Gasteiger partial charge in [-0.15, -0.1) is 0 Å². The number of halogens is 1. The molecule has 1 aromatic carbocycles. The van der Waals surface area contributed by atoms with E-state index in [2.05, 4.69) is 31.3 Å². The van der Waals surface area contributed by atoms with Gasteiger partial charge in [0.1, 0.15) is 0 Å². The highest BCUT2D eigenvalue weighted by Gasteiger charge is 2.22. The highest BCUT2D eigenvalue weighted by molar-refractivity contribution is 6.31. The topological polar surface area (TPSA) is 21.3 Å². The van der Waals surface area contributed by atoms with E-state index in [-0.39, 0.29) is 0 Å². The van der Waals surface area contributed by atoms with Gasteiger partial charge in [0.15, 0.2) is 0 Å². The number of ether oxygens (including phenoxy) is 1. The van der Waals surface area contributed by atoms with Crippen molar-refractivity contribution in [1.82, 2.24) is 5.32 Å². The summed E-state index contributed by atoms with van der Waals surface area (Å²) >= 11 is 6.26. The molecule has 0 radical (unpaired) electrons. The number of benzene rings is 1. The molecule has 2 nitrogen and oxygen atoms in total. The van der Waals surface area contributed by atoms with Crippen LogP contribution in [0.4, 0.5) is 0 Å². The molecule has 0 heterocycles. The van der Waals surface area contributed by atoms with E-state index in [9.17, 15) is 0 Å². The van der Waals surface area contributed by atoms with Crippen LogP contribution in [0, 0.1) is 11.8 Å². The minimum absolute atomic E-state index is 0.482. The number of rotatable bonds is 9. The Morgan fingerprint density at radius 2 is 2.05 bits per heavy atom. The fourth-order valence-corrected chi connectivity index (χ4v) is 2.47. The fraction of sp³-hybridized carbons (Fsp3) is 0.647. The Hall–Kier alpha value is -0.570. The average Bonchev–Trinajstić information content (AvgIpc) is 3.22. The molecule has 0 aromatic heterocycles. The summed E-state index contributed by atoms with van der Waals surface area (Å²) in [7, 11) is 0. The summed E-state index contributed by atoms with van der Waals surface area (Å²) in [5.74, 6) is 1.31. The maximum atomic E-state index is 6.26. The SMILES string of the molecule is CC(C)NCC(COCC1CC1)Cc1ccccc1Cl. The van der Waals surface area contributed by atoms with Crippen molar-refractivity contribution in [2.75, 3.05) is 19.8 Å². The first-order valence-corrected chi connectivity index (χ1v) is 8.07. The molecule has 2 rings (SSSR count). The van der Waals surface area contributed by atoms with E-state index >= 15 is 0 Å². The van der Waals surface area contributed by atoms with Gasteiger partial charge in [0.2, 0.25) is 0 Å². The van der Waals surface area contributed by atoms with Gasteiger partial charge in [-0.05, 0) is 42.7 Å². The van der Waals surface area contributed by atoms with E-state index in [0.717, 1.165) is 37.1 Å².